The molecule has 0 saturated carbocycles. The molecule has 0 spiro atoms. The third-order valence-corrected chi connectivity index (χ3v) is 2.84. The lowest BCUT2D eigenvalue weighted by atomic mass is 10.1. The Morgan fingerprint density at radius 2 is 2.13 bits per heavy atom. The highest BCUT2D eigenvalue weighted by Gasteiger charge is 2.13. The minimum absolute atomic E-state index is 0.0303. The van der Waals surface area contributed by atoms with Crippen LogP contribution in [0.4, 0.5) is 5.69 Å². The van der Waals surface area contributed by atoms with Gasteiger partial charge in [-0.15, -0.1) is 0 Å². The summed E-state index contributed by atoms with van der Waals surface area (Å²) in [4.78, 5) is 21.5. The van der Waals surface area contributed by atoms with Crippen molar-refractivity contribution >= 4 is 43.3 Å². The molecule has 0 amide bonds. The van der Waals surface area contributed by atoms with Gasteiger partial charge in [-0.3, -0.25) is 14.9 Å². The first kappa shape index (κ1) is 12.3. The van der Waals surface area contributed by atoms with Crippen LogP contribution in [-0.4, -0.2) is 16.0 Å². The number of Topliss-reactive ketones (excluding diaryl/α,β-unsaturated/α-hetero) is 1. The van der Waals surface area contributed by atoms with E-state index in [4.69, 9.17) is 0 Å². The Morgan fingerprint density at radius 3 is 2.60 bits per heavy atom. The largest absolute Gasteiger partial charge is 0.294 e. The molecule has 0 bridgehead atoms. The van der Waals surface area contributed by atoms with Gasteiger partial charge in [0.1, 0.15) is 0 Å². The van der Waals surface area contributed by atoms with Gasteiger partial charge in [0.05, 0.1) is 4.92 Å². The van der Waals surface area contributed by atoms with E-state index in [-0.39, 0.29) is 11.5 Å². The summed E-state index contributed by atoms with van der Waals surface area (Å²) in [5.74, 6) is -0.0475. The van der Waals surface area contributed by atoms with Crippen LogP contribution in [-0.2, 0) is 0 Å². The van der Waals surface area contributed by atoms with Gasteiger partial charge in [-0.25, -0.2) is 0 Å². The average Bonchev–Trinajstić information content (AvgIpc) is 2.17. The van der Waals surface area contributed by atoms with E-state index in [9.17, 15) is 14.9 Å². The van der Waals surface area contributed by atoms with Gasteiger partial charge in [0, 0.05) is 33.9 Å². The number of nitro benzene ring substituents is 1. The molecule has 1 aromatic carbocycles. The highest BCUT2D eigenvalue weighted by atomic mass is 79.9. The van der Waals surface area contributed by atoms with E-state index in [1.54, 1.807) is 0 Å². The molecule has 1 rings (SSSR count). The van der Waals surface area contributed by atoms with Crippen molar-refractivity contribution in [1.29, 1.82) is 0 Å². The topological polar surface area (TPSA) is 60.2 Å². The van der Waals surface area contributed by atoms with Crippen molar-refractivity contribution in [2.24, 2.45) is 0 Å². The third-order valence-electron chi connectivity index (χ3n) is 1.79. The first-order valence-corrected chi connectivity index (χ1v) is 6.01. The monoisotopic (exact) mass is 335 g/mol. The van der Waals surface area contributed by atoms with E-state index >= 15 is 0 Å². The summed E-state index contributed by atoms with van der Waals surface area (Å²) in [6.07, 6.45) is 0.371. The van der Waals surface area contributed by atoms with Crippen LogP contribution in [0, 0.1) is 10.1 Å². The summed E-state index contributed by atoms with van der Waals surface area (Å²) >= 11 is 6.31. The predicted molar refractivity (Wildman–Crippen MR) is 63.5 cm³/mol. The molecule has 0 heterocycles. The van der Waals surface area contributed by atoms with Crippen molar-refractivity contribution in [3.63, 3.8) is 0 Å². The number of nitro groups is 1. The second kappa shape index (κ2) is 5.37. The first-order valence-electron chi connectivity index (χ1n) is 4.09. The number of hydrogen-bond acceptors (Lipinski definition) is 3. The van der Waals surface area contributed by atoms with E-state index in [0.29, 0.717) is 21.8 Å². The molecule has 0 aliphatic carbocycles. The molecular weight excluding hydrogens is 330 g/mol. The SMILES string of the molecule is O=C(CCBr)c1ccc([N+](=O)[O-])cc1Br. The number of alkyl halides is 1. The normalized spacial score (nSPS) is 10.0. The molecule has 1 aromatic rings. The number of non-ortho nitro benzene ring substituents is 1. The Kier molecular flexibility index (Phi) is 4.41. The molecule has 0 fully saturated rings. The number of nitrogens with zero attached hydrogens (tertiary/aromatic N) is 1. The fraction of sp³-hybridized carbons (Fsp3) is 0.222. The zero-order valence-corrected chi connectivity index (χ0v) is 10.7. The molecule has 0 radical (unpaired) electrons. The Balaban J connectivity index is 3.03. The van der Waals surface area contributed by atoms with Crippen LogP contribution < -0.4 is 0 Å². The fourth-order valence-electron chi connectivity index (χ4n) is 1.06. The maximum atomic E-state index is 11.5. The summed E-state index contributed by atoms with van der Waals surface area (Å²) in [5.41, 5.74) is 0.442. The van der Waals surface area contributed by atoms with E-state index in [2.05, 4.69) is 31.9 Å². The first-order chi connectivity index (χ1) is 7.06. The standard InChI is InChI=1S/C9H7Br2NO3/c10-4-3-9(13)7-2-1-6(12(14)15)5-8(7)11/h1-2,5H,3-4H2. The van der Waals surface area contributed by atoms with Gasteiger partial charge in [0.15, 0.2) is 5.78 Å². The summed E-state index contributed by atoms with van der Waals surface area (Å²) in [6.45, 7) is 0. The molecule has 15 heavy (non-hydrogen) atoms. The third kappa shape index (κ3) is 3.10. The van der Waals surface area contributed by atoms with Crippen LogP contribution in [0.25, 0.3) is 0 Å². The van der Waals surface area contributed by atoms with Gasteiger partial charge in [-0.1, -0.05) is 15.9 Å². The maximum Gasteiger partial charge on any atom is 0.270 e. The van der Waals surface area contributed by atoms with Gasteiger partial charge in [-0.2, -0.15) is 0 Å². The van der Waals surface area contributed by atoms with Gasteiger partial charge in [0.25, 0.3) is 5.69 Å². The lowest BCUT2D eigenvalue weighted by molar-refractivity contribution is -0.384. The smallest absolute Gasteiger partial charge is 0.270 e. The number of halogens is 2. The van der Waals surface area contributed by atoms with E-state index in [0.717, 1.165) is 0 Å². The summed E-state index contributed by atoms with van der Waals surface area (Å²) in [6, 6.07) is 4.13. The molecule has 0 aromatic heterocycles. The lowest BCUT2D eigenvalue weighted by Gasteiger charge is -2.01. The second-order valence-corrected chi connectivity index (χ2v) is 4.43. The van der Waals surface area contributed by atoms with Crippen LogP contribution in [0.3, 0.4) is 0 Å². The highest BCUT2D eigenvalue weighted by Crippen LogP contribution is 2.24. The zero-order chi connectivity index (χ0) is 11.4. The van der Waals surface area contributed by atoms with Crippen molar-refractivity contribution in [2.75, 3.05) is 5.33 Å². The average molecular weight is 337 g/mol. The van der Waals surface area contributed by atoms with Crippen LogP contribution in [0.5, 0.6) is 0 Å². The highest BCUT2D eigenvalue weighted by molar-refractivity contribution is 9.10. The fourth-order valence-corrected chi connectivity index (χ4v) is 2.01. The van der Waals surface area contributed by atoms with Crippen molar-refractivity contribution < 1.29 is 9.72 Å². The lowest BCUT2D eigenvalue weighted by Crippen LogP contribution is -2.01. The van der Waals surface area contributed by atoms with Crippen molar-refractivity contribution in [1.82, 2.24) is 0 Å². The van der Waals surface area contributed by atoms with Crippen LogP contribution in [0.1, 0.15) is 16.8 Å². The van der Waals surface area contributed by atoms with Crippen molar-refractivity contribution in [3.8, 4) is 0 Å². The van der Waals surface area contributed by atoms with Gasteiger partial charge in [0.2, 0.25) is 0 Å². The molecule has 6 heteroatoms. The number of hydrogen-bond donors (Lipinski definition) is 0. The number of ketones is 1. The minimum Gasteiger partial charge on any atom is -0.294 e. The van der Waals surface area contributed by atoms with E-state index in [1.165, 1.54) is 18.2 Å². The molecule has 0 aliphatic heterocycles. The second-order valence-electron chi connectivity index (χ2n) is 2.78. The Morgan fingerprint density at radius 1 is 1.47 bits per heavy atom. The summed E-state index contributed by atoms with van der Waals surface area (Å²) in [7, 11) is 0. The maximum absolute atomic E-state index is 11.5. The van der Waals surface area contributed by atoms with Crippen molar-refractivity contribution in [2.45, 2.75) is 6.42 Å². The Hall–Kier alpha value is -0.750. The molecule has 80 valence electrons. The van der Waals surface area contributed by atoms with Crippen LogP contribution in [0.2, 0.25) is 0 Å². The zero-order valence-electron chi connectivity index (χ0n) is 7.57. The molecule has 0 N–H and O–H groups in total. The van der Waals surface area contributed by atoms with Gasteiger partial charge >= 0.3 is 0 Å². The number of benzene rings is 1. The molecule has 0 saturated heterocycles. The molecule has 0 atom stereocenters. The summed E-state index contributed by atoms with van der Waals surface area (Å²) in [5, 5.41) is 11.0. The molecule has 4 nitrogen and oxygen atoms in total. The predicted octanol–water partition coefficient (Wildman–Crippen LogP) is 3.33. The van der Waals surface area contributed by atoms with E-state index in [1.807, 2.05) is 0 Å². The van der Waals surface area contributed by atoms with E-state index < -0.39 is 4.92 Å². The van der Waals surface area contributed by atoms with Crippen LogP contribution in [0.15, 0.2) is 22.7 Å². The number of carbonyl (C=O) groups excluding carboxylic acids is 1. The van der Waals surface area contributed by atoms with Crippen LogP contribution >= 0.6 is 31.9 Å². The van der Waals surface area contributed by atoms with Gasteiger partial charge in [-0.05, 0) is 22.0 Å². The molecule has 0 unspecified atom stereocenters. The molecular formula is C9H7Br2NO3. The van der Waals surface area contributed by atoms with Gasteiger partial charge < -0.3 is 0 Å². The molecule has 0 aliphatic rings. The number of carbonyl (C=O) groups is 1. The Bertz CT molecular complexity index is 406. The quantitative estimate of drug-likeness (QED) is 0.367. The minimum atomic E-state index is -0.497. The number of rotatable bonds is 4. The Labute approximate surface area is 103 Å². The summed E-state index contributed by atoms with van der Waals surface area (Å²) < 4.78 is 0.461. The van der Waals surface area contributed by atoms with Crippen molar-refractivity contribution in [3.05, 3.63) is 38.3 Å².